The van der Waals surface area contributed by atoms with Crippen molar-refractivity contribution in [2.45, 2.75) is 18.9 Å². The zero-order chi connectivity index (χ0) is 15.5. The van der Waals surface area contributed by atoms with Gasteiger partial charge in [0.25, 0.3) is 0 Å². The number of rotatable bonds is 5. The third kappa shape index (κ3) is 2.74. The van der Waals surface area contributed by atoms with Gasteiger partial charge in [0.2, 0.25) is 11.8 Å². The van der Waals surface area contributed by atoms with Crippen LogP contribution in [-0.2, 0) is 16.0 Å². The molecule has 114 valence electrons. The third-order valence-corrected chi connectivity index (χ3v) is 3.93. The monoisotopic (exact) mass is 298 g/mol. The number of hydrogen-bond donors (Lipinski definition) is 2. The number of nitrogens with one attached hydrogen (secondary N) is 2. The number of carbonyl (C=O) groups excluding carboxylic acids is 2. The number of hydrogen-bond acceptors (Lipinski definition) is 3. The number of carbonyl (C=O) groups is 2. The van der Waals surface area contributed by atoms with Gasteiger partial charge in [0, 0.05) is 12.1 Å². The number of ether oxygens (including phenoxy) is 1. The lowest BCUT2D eigenvalue weighted by Crippen LogP contribution is -2.57. The van der Waals surface area contributed by atoms with Gasteiger partial charge in [-0.3, -0.25) is 9.59 Å². The lowest BCUT2D eigenvalue weighted by Gasteiger charge is -2.25. The standard InChI is InChI=1S/C17H18N2O3/c1-22-15-7-6-11-4-2-3-5-12(11)13(15)8-9-18-17(21)14-10-16(20)19-14/h2-7,14H,8-10H2,1H3,(H,18,21)(H,19,20). The van der Waals surface area contributed by atoms with E-state index in [1.54, 1.807) is 7.11 Å². The average molecular weight is 298 g/mol. The van der Waals surface area contributed by atoms with Crippen LogP contribution in [0.4, 0.5) is 0 Å². The first-order valence-corrected chi connectivity index (χ1v) is 7.30. The second kappa shape index (κ2) is 6.05. The molecule has 5 nitrogen and oxygen atoms in total. The van der Waals surface area contributed by atoms with Crippen LogP contribution in [0.15, 0.2) is 36.4 Å². The smallest absolute Gasteiger partial charge is 0.243 e. The fourth-order valence-electron chi connectivity index (χ4n) is 2.72. The van der Waals surface area contributed by atoms with Gasteiger partial charge in [0.05, 0.1) is 13.5 Å². The molecule has 2 aromatic carbocycles. The molecule has 1 unspecified atom stereocenters. The van der Waals surface area contributed by atoms with Crippen LogP contribution in [0.5, 0.6) is 5.75 Å². The lowest BCUT2D eigenvalue weighted by molar-refractivity contribution is -0.137. The molecule has 0 radical (unpaired) electrons. The number of fused-ring (bicyclic) bond motifs is 1. The van der Waals surface area contributed by atoms with Crippen LogP contribution >= 0.6 is 0 Å². The van der Waals surface area contributed by atoms with Crippen molar-refractivity contribution in [2.75, 3.05) is 13.7 Å². The molecule has 2 aromatic rings. The summed E-state index contributed by atoms with van der Waals surface area (Å²) in [6.07, 6.45) is 0.959. The normalized spacial score (nSPS) is 16.8. The van der Waals surface area contributed by atoms with Gasteiger partial charge in [0.1, 0.15) is 11.8 Å². The van der Waals surface area contributed by atoms with Crippen molar-refractivity contribution in [1.29, 1.82) is 0 Å². The molecule has 2 amide bonds. The highest BCUT2D eigenvalue weighted by Crippen LogP contribution is 2.28. The van der Waals surface area contributed by atoms with E-state index in [4.69, 9.17) is 4.74 Å². The van der Waals surface area contributed by atoms with Gasteiger partial charge in [-0.15, -0.1) is 0 Å². The third-order valence-electron chi connectivity index (χ3n) is 3.93. The Labute approximate surface area is 128 Å². The minimum Gasteiger partial charge on any atom is -0.496 e. The van der Waals surface area contributed by atoms with Crippen LogP contribution < -0.4 is 15.4 Å². The zero-order valence-corrected chi connectivity index (χ0v) is 12.4. The minimum atomic E-state index is -0.373. The largest absolute Gasteiger partial charge is 0.496 e. The van der Waals surface area contributed by atoms with Gasteiger partial charge in [-0.05, 0) is 23.3 Å². The van der Waals surface area contributed by atoms with E-state index in [1.807, 2.05) is 24.3 Å². The predicted molar refractivity (Wildman–Crippen MR) is 83.8 cm³/mol. The highest BCUT2D eigenvalue weighted by atomic mass is 16.5. The molecular weight excluding hydrogens is 280 g/mol. The van der Waals surface area contributed by atoms with E-state index in [1.165, 1.54) is 0 Å². The first-order chi connectivity index (χ1) is 10.7. The molecule has 0 saturated carbocycles. The van der Waals surface area contributed by atoms with Crippen molar-refractivity contribution in [1.82, 2.24) is 10.6 Å². The minimum absolute atomic E-state index is 0.0733. The summed E-state index contributed by atoms with van der Waals surface area (Å²) in [5, 5.41) is 7.71. The summed E-state index contributed by atoms with van der Waals surface area (Å²) in [6.45, 7) is 0.509. The number of benzene rings is 2. The van der Waals surface area contributed by atoms with Crippen molar-refractivity contribution >= 4 is 22.6 Å². The van der Waals surface area contributed by atoms with E-state index in [-0.39, 0.29) is 24.3 Å². The first kappa shape index (κ1) is 14.4. The van der Waals surface area contributed by atoms with Crippen LogP contribution in [0.3, 0.4) is 0 Å². The SMILES string of the molecule is COc1ccc2ccccc2c1CCNC(=O)C1CC(=O)N1. The summed E-state index contributed by atoms with van der Waals surface area (Å²) in [5.41, 5.74) is 1.08. The summed E-state index contributed by atoms with van der Waals surface area (Å²) in [7, 11) is 1.65. The molecule has 0 aromatic heterocycles. The Bertz CT molecular complexity index is 719. The summed E-state index contributed by atoms with van der Waals surface area (Å²) >= 11 is 0. The van der Waals surface area contributed by atoms with Gasteiger partial charge in [0.15, 0.2) is 0 Å². The Morgan fingerprint density at radius 1 is 1.32 bits per heavy atom. The molecule has 1 aliphatic rings. The first-order valence-electron chi connectivity index (χ1n) is 7.30. The van der Waals surface area contributed by atoms with Crippen molar-refractivity contribution in [3.63, 3.8) is 0 Å². The molecule has 2 N–H and O–H groups in total. The molecule has 22 heavy (non-hydrogen) atoms. The quantitative estimate of drug-likeness (QED) is 0.820. The van der Waals surface area contributed by atoms with Gasteiger partial charge in [-0.1, -0.05) is 30.3 Å². The number of β-lactam (4-membered cyclic amide) rings is 1. The van der Waals surface area contributed by atoms with Crippen LogP contribution in [0, 0.1) is 0 Å². The second-order valence-electron chi connectivity index (χ2n) is 5.33. The predicted octanol–water partition coefficient (Wildman–Crippen LogP) is 1.40. The van der Waals surface area contributed by atoms with Crippen LogP contribution in [-0.4, -0.2) is 31.5 Å². The summed E-state index contributed by atoms with van der Waals surface area (Å²) in [4.78, 5) is 22.7. The van der Waals surface area contributed by atoms with E-state index in [0.717, 1.165) is 22.1 Å². The summed E-state index contributed by atoms with van der Waals surface area (Å²) < 4.78 is 5.44. The molecule has 1 heterocycles. The second-order valence-corrected chi connectivity index (χ2v) is 5.33. The fraction of sp³-hybridized carbons (Fsp3) is 0.294. The van der Waals surface area contributed by atoms with Gasteiger partial charge < -0.3 is 15.4 Å². The van der Waals surface area contributed by atoms with Gasteiger partial charge >= 0.3 is 0 Å². The van der Waals surface area contributed by atoms with E-state index in [2.05, 4.69) is 22.8 Å². The maximum Gasteiger partial charge on any atom is 0.243 e. The molecule has 3 rings (SSSR count). The van der Waals surface area contributed by atoms with Crippen molar-refractivity contribution in [2.24, 2.45) is 0 Å². The molecule has 0 spiro atoms. The Kier molecular flexibility index (Phi) is 3.96. The van der Waals surface area contributed by atoms with Crippen molar-refractivity contribution < 1.29 is 14.3 Å². The Balaban J connectivity index is 1.70. The van der Waals surface area contributed by atoms with E-state index in [0.29, 0.717) is 13.0 Å². The Morgan fingerprint density at radius 2 is 2.09 bits per heavy atom. The van der Waals surface area contributed by atoms with Gasteiger partial charge in [-0.2, -0.15) is 0 Å². The van der Waals surface area contributed by atoms with E-state index < -0.39 is 0 Å². The van der Waals surface area contributed by atoms with Crippen molar-refractivity contribution in [3.8, 4) is 5.75 Å². The highest BCUT2D eigenvalue weighted by molar-refractivity contribution is 5.97. The molecule has 1 atom stereocenters. The number of methoxy groups -OCH3 is 1. The lowest BCUT2D eigenvalue weighted by atomic mass is 10.0. The molecule has 0 aliphatic carbocycles. The fourth-order valence-corrected chi connectivity index (χ4v) is 2.72. The zero-order valence-electron chi connectivity index (χ0n) is 12.4. The van der Waals surface area contributed by atoms with E-state index >= 15 is 0 Å². The van der Waals surface area contributed by atoms with Crippen molar-refractivity contribution in [3.05, 3.63) is 42.0 Å². The Hall–Kier alpha value is -2.56. The highest BCUT2D eigenvalue weighted by Gasteiger charge is 2.31. The van der Waals surface area contributed by atoms with Crippen LogP contribution in [0.2, 0.25) is 0 Å². The number of amides is 2. The van der Waals surface area contributed by atoms with E-state index in [9.17, 15) is 9.59 Å². The Morgan fingerprint density at radius 3 is 2.82 bits per heavy atom. The topological polar surface area (TPSA) is 67.4 Å². The molecule has 1 fully saturated rings. The summed E-state index contributed by atoms with van der Waals surface area (Å²) in [5.74, 6) is 0.625. The molecule has 1 saturated heterocycles. The molecule has 5 heteroatoms. The maximum absolute atomic E-state index is 11.8. The molecule has 1 aliphatic heterocycles. The van der Waals surface area contributed by atoms with Gasteiger partial charge in [-0.25, -0.2) is 0 Å². The van der Waals surface area contributed by atoms with Crippen LogP contribution in [0.25, 0.3) is 10.8 Å². The molecule has 0 bridgehead atoms. The average Bonchev–Trinajstić information content (AvgIpc) is 2.51. The maximum atomic E-state index is 11.8. The van der Waals surface area contributed by atoms with Crippen LogP contribution in [0.1, 0.15) is 12.0 Å². The summed E-state index contributed by atoms with van der Waals surface area (Å²) in [6, 6.07) is 11.7. The molecular formula is C17H18N2O3.